The molecule has 2 unspecified atom stereocenters. The van der Waals surface area contributed by atoms with Crippen molar-refractivity contribution in [2.75, 3.05) is 31.6 Å². The number of nitrogens with zero attached hydrogens (tertiary/aromatic N) is 1. The lowest BCUT2D eigenvalue weighted by atomic mass is 10.3. The molecular formula is C8H17NO2S. The van der Waals surface area contributed by atoms with E-state index in [4.69, 9.17) is 0 Å². The fraction of sp³-hybridized carbons (Fsp3) is 1.00. The Morgan fingerprint density at radius 3 is 2.42 bits per heavy atom. The van der Waals surface area contributed by atoms with Crippen LogP contribution in [0.3, 0.4) is 0 Å². The van der Waals surface area contributed by atoms with Gasteiger partial charge in [0.15, 0.2) is 0 Å². The first-order valence-electron chi connectivity index (χ1n) is 4.31. The van der Waals surface area contributed by atoms with E-state index in [1.165, 1.54) is 0 Å². The summed E-state index contributed by atoms with van der Waals surface area (Å²) in [4.78, 5) is 2.12. The lowest BCUT2D eigenvalue weighted by molar-refractivity contribution is 0.0572. The van der Waals surface area contributed by atoms with Gasteiger partial charge in [-0.15, -0.1) is 0 Å². The normalized spacial score (nSPS) is 31.2. The highest BCUT2D eigenvalue weighted by Gasteiger charge is 2.28. The number of likely N-dealkylation sites (tertiary alicyclic amines) is 1. The molecule has 0 radical (unpaired) electrons. The second-order valence-corrected chi connectivity index (χ2v) is 4.23. The number of thioether (sulfide) groups is 1. The van der Waals surface area contributed by atoms with Crippen LogP contribution < -0.4 is 0 Å². The van der Waals surface area contributed by atoms with Gasteiger partial charge in [0.2, 0.25) is 0 Å². The van der Waals surface area contributed by atoms with E-state index in [1.54, 1.807) is 0 Å². The first-order chi connectivity index (χ1) is 5.74. The third kappa shape index (κ3) is 2.94. The molecule has 3 nitrogen and oxygen atoms in total. The van der Waals surface area contributed by atoms with Crippen molar-refractivity contribution >= 4 is 11.8 Å². The molecular weight excluding hydrogens is 174 g/mol. The summed E-state index contributed by atoms with van der Waals surface area (Å²) in [5, 5.41) is 18.5. The van der Waals surface area contributed by atoms with Crippen LogP contribution >= 0.6 is 11.8 Å². The first-order valence-corrected chi connectivity index (χ1v) is 5.71. The van der Waals surface area contributed by atoms with Gasteiger partial charge in [0.1, 0.15) is 0 Å². The van der Waals surface area contributed by atoms with Gasteiger partial charge in [-0.25, -0.2) is 0 Å². The molecule has 0 aromatic rings. The zero-order valence-electron chi connectivity index (χ0n) is 7.44. The van der Waals surface area contributed by atoms with Crippen LogP contribution in [0.25, 0.3) is 0 Å². The summed E-state index contributed by atoms with van der Waals surface area (Å²) in [5.41, 5.74) is 0. The average Bonchev–Trinajstić information content (AvgIpc) is 2.32. The minimum absolute atomic E-state index is 0.528. The van der Waals surface area contributed by atoms with Crippen LogP contribution in [-0.2, 0) is 0 Å². The van der Waals surface area contributed by atoms with Crippen molar-refractivity contribution in [3.63, 3.8) is 0 Å². The monoisotopic (exact) mass is 191 g/mol. The predicted octanol–water partition coefficient (Wildman–Crippen LogP) is -0.223. The number of hydrogen-bond donors (Lipinski definition) is 2. The third-order valence-electron chi connectivity index (χ3n) is 2.16. The summed E-state index contributed by atoms with van der Waals surface area (Å²) >= 11 is 1.83. The van der Waals surface area contributed by atoms with E-state index in [9.17, 15) is 10.2 Å². The van der Waals surface area contributed by atoms with Crippen LogP contribution in [0.5, 0.6) is 0 Å². The van der Waals surface area contributed by atoms with E-state index in [2.05, 4.69) is 11.2 Å². The molecule has 0 aromatic carbocycles. The van der Waals surface area contributed by atoms with Gasteiger partial charge in [-0.3, -0.25) is 4.90 Å². The minimum atomic E-state index is -0.528. The number of rotatable bonds is 4. The van der Waals surface area contributed by atoms with Gasteiger partial charge < -0.3 is 10.2 Å². The lowest BCUT2D eigenvalue weighted by Crippen LogP contribution is -2.23. The zero-order valence-corrected chi connectivity index (χ0v) is 8.26. The molecule has 1 aliphatic rings. The molecule has 0 amide bonds. The van der Waals surface area contributed by atoms with Crippen molar-refractivity contribution in [2.45, 2.75) is 18.6 Å². The van der Waals surface area contributed by atoms with E-state index < -0.39 is 12.2 Å². The summed E-state index contributed by atoms with van der Waals surface area (Å²) in [6.07, 6.45) is 2.17. The Balaban J connectivity index is 2.10. The summed E-state index contributed by atoms with van der Waals surface area (Å²) in [7, 11) is 0. The predicted molar refractivity (Wildman–Crippen MR) is 51.5 cm³/mol. The van der Waals surface area contributed by atoms with Gasteiger partial charge >= 0.3 is 0 Å². The van der Waals surface area contributed by atoms with E-state index in [0.29, 0.717) is 13.1 Å². The summed E-state index contributed by atoms with van der Waals surface area (Å²) in [5.74, 6) is 1.16. The SMILES string of the molecule is CSCCCN1CC(O)C(O)C1. The molecule has 0 aliphatic carbocycles. The molecule has 2 atom stereocenters. The molecule has 1 fully saturated rings. The fourth-order valence-electron chi connectivity index (χ4n) is 1.46. The summed E-state index contributed by atoms with van der Waals surface area (Å²) in [6.45, 7) is 2.26. The lowest BCUT2D eigenvalue weighted by Gasteiger charge is -2.13. The molecule has 4 heteroatoms. The van der Waals surface area contributed by atoms with Crippen molar-refractivity contribution < 1.29 is 10.2 Å². The fourth-order valence-corrected chi connectivity index (χ4v) is 1.88. The number of β-amino-alcohol motifs (C(OH)–C–C–N with tert-alkyl or cyclic N) is 2. The van der Waals surface area contributed by atoms with Crippen LogP contribution in [0.4, 0.5) is 0 Å². The minimum Gasteiger partial charge on any atom is -0.389 e. The van der Waals surface area contributed by atoms with Crippen molar-refractivity contribution in [2.24, 2.45) is 0 Å². The molecule has 1 rings (SSSR count). The topological polar surface area (TPSA) is 43.7 Å². The highest BCUT2D eigenvalue weighted by molar-refractivity contribution is 7.98. The van der Waals surface area contributed by atoms with Crippen molar-refractivity contribution in [3.8, 4) is 0 Å². The Bertz CT molecular complexity index is 124. The van der Waals surface area contributed by atoms with Gasteiger partial charge in [-0.1, -0.05) is 0 Å². The third-order valence-corrected chi connectivity index (χ3v) is 2.85. The quantitative estimate of drug-likeness (QED) is 0.603. The molecule has 0 aromatic heterocycles. The van der Waals surface area contributed by atoms with Gasteiger partial charge in [-0.05, 0) is 25.0 Å². The van der Waals surface area contributed by atoms with Gasteiger partial charge in [-0.2, -0.15) is 11.8 Å². The maximum absolute atomic E-state index is 9.23. The summed E-state index contributed by atoms with van der Waals surface area (Å²) in [6, 6.07) is 0. The Hall–Kier alpha value is 0.230. The highest BCUT2D eigenvalue weighted by Crippen LogP contribution is 2.10. The van der Waals surface area contributed by atoms with Gasteiger partial charge in [0.05, 0.1) is 12.2 Å². The molecule has 1 saturated heterocycles. The Morgan fingerprint density at radius 1 is 1.33 bits per heavy atom. The van der Waals surface area contributed by atoms with Gasteiger partial charge in [0, 0.05) is 13.1 Å². The second-order valence-electron chi connectivity index (χ2n) is 3.24. The van der Waals surface area contributed by atoms with E-state index in [0.717, 1.165) is 18.7 Å². The van der Waals surface area contributed by atoms with Crippen LogP contribution in [0.1, 0.15) is 6.42 Å². The van der Waals surface area contributed by atoms with Crippen LogP contribution in [-0.4, -0.2) is 59.0 Å². The Kier molecular flexibility index (Phi) is 4.35. The average molecular weight is 191 g/mol. The number of aliphatic hydroxyl groups is 2. The maximum Gasteiger partial charge on any atom is 0.0938 e. The maximum atomic E-state index is 9.23. The second kappa shape index (κ2) is 5.07. The number of hydrogen-bond acceptors (Lipinski definition) is 4. The van der Waals surface area contributed by atoms with E-state index in [1.807, 2.05) is 11.8 Å². The first kappa shape index (κ1) is 10.3. The van der Waals surface area contributed by atoms with Crippen LogP contribution in [0.15, 0.2) is 0 Å². The smallest absolute Gasteiger partial charge is 0.0938 e. The molecule has 12 heavy (non-hydrogen) atoms. The molecule has 0 saturated carbocycles. The molecule has 72 valence electrons. The Morgan fingerprint density at radius 2 is 1.92 bits per heavy atom. The van der Waals surface area contributed by atoms with Crippen molar-refractivity contribution in [1.82, 2.24) is 4.90 Å². The van der Waals surface area contributed by atoms with Crippen LogP contribution in [0.2, 0.25) is 0 Å². The summed E-state index contributed by atoms with van der Waals surface area (Å²) < 4.78 is 0. The highest BCUT2D eigenvalue weighted by atomic mass is 32.2. The Labute approximate surface area is 77.8 Å². The van der Waals surface area contributed by atoms with Crippen LogP contribution in [0, 0.1) is 0 Å². The molecule has 0 spiro atoms. The van der Waals surface area contributed by atoms with Crippen molar-refractivity contribution in [3.05, 3.63) is 0 Å². The zero-order chi connectivity index (χ0) is 8.97. The number of aliphatic hydroxyl groups excluding tert-OH is 2. The standard InChI is InChI=1S/C8H17NO2S/c1-12-4-2-3-9-5-7(10)8(11)6-9/h7-8,10-11H,2-6H2,1H3. The molecule has 2 N–H and O–H groups in total. The van der Waals surface area contributed by atoms with Gasteiger partial charge in [0.25, 0.3) is 0 Å². The molecule has 0 bridgehead atoms. The molecule has 1 aliphatic heterocycles. The van der Waals surface area contributed by atoms with Crippen molar-refractivity contribution in [1.29, 1.82) is 0 Å². The van der Waals surface area contributed by atoms with E-state index in [-0.39, 0.29) is 0 Å². The molecule has 1 heterocycles. The largest absolute Gasteiger partial charge is 0.389 e. The van der Waals surface area contributed by atoms with E-state index >= 15 is 0 Å².